The third kappa shape index (κ3) is 11.3. The van der Waals surface area contributed by atoms with Crippen LogP contribution in [0.25, 0.3) is 0 Å². The van der Waals surface area contributed by atoms with Crippen molar-refractivity contribution in [1.82, 2.24) is 5.32 Å². The van der Waals surface area contributed by atoms with Crippen LogP contribution < -0.4 is 10.6 Å². The number of Topliss-reactive ketones (excluding diaryl/α,β-unsaturated/α-hetero) is 2. The zero-order valence-corrected chi connectivity index (χ0v) is 33.2. The highest BCUT2D eigenvalue weighted by molar-refractivity contribution is 7.14. The number of nitrogens with zero attached hydrogens (tertiary/aromatic N) is 3. The molecule has 1 heterocycles. The molecule has 2 N–H and O–H groups in total. The number of nitrogens with one attached hydrogen (secondary N) is 2. The zero-order chi connectivity index (χ0) is 38.5. The number of hydrogen-bond acceptors (Lipinski definition) is 10. The number of benzene rings is 2. The van der Waals surface area contributed by atoms with Crippen molar-refractivity contribution in [2.45, 2.75) is 87.1 Å². The van der Waals surface area contributed by atoms with Gasteiger partial charge in [-0.25, -0.2) is 0 Å². The summed E-state index contributed by atoms with van der Waals surface area (Å²) in [4.78, 5) is 57.8. The number of methoxy groups -OCH3 is 1. The minimum absolute atomic E-state index is 0.0430. The lowest BCUT2D eigenvalue weighted by Gasteiger charge is -2.16. The number of carbonyl (C=O) groups is 4. The van der Waals surface area contributed by atoms with Gasteiger partial charge in [-0.3, -0.25) is 24.2 Å². The van der Waals surface area contributed by atoms with Gasteiger partial charge in [0.25, 0.3) is 5.91 Å². The van der Waals surface area contributed by atoms with Crippen molar-refractivity contribution < 1.29 is 23.9 Å². The SMILES string of the molecule is CCC/C(C)=N\N=C(/C)C(CC(=O)OC)N=C(c1ccc(Cl)cc1)c1c(C)sc(C(=O)NCCNc2ccc(C(=O)C(C)CC)c(C(C)=O)c2)c1C. The van der Waals surface area contributed by atoms with Gasteiger partial charge >= 0.3 is 5.97 Å². The molecule has 1 amide bonds. The number of ketones is 2. The molecule has 12 heteroatoms. The van der Waals surface area contributed by atoms with E-state index in [0.29, 0.717) is 57.6 Å². The Hall–Kier alpha value is -4.48. The van der Waals surface area contributed by atoms with E-state index in [1.807, 2.05) is 46.8 Å². The molecule has 3 rings (SSSR count). The average Bonchev–Trinajstić information content (AvgIpc) is 3.43. The van der Waals surface area contributed by atoms with Crippen LogP contribution in [0.5, 0.6) is 0 Å². The number of ether oxygens (including phenoxy) is 1. The van der Waals surface area contributed by atoms with Crippen LogP contribution in [0.3, 0.4) is 0 Å². The van der Waals surface area contributed by atoms with Crippen LogP contribution in [0.1, 0.15) is 119 Å². The molecule has 0 bridgehead atoms. The minimum Gasteiger partial charge on any atom is -0.469 e. The van der Waals surface area contributed by atoms with E-state index in [2.05, 4.69) is 27.8 Å². The van der Waals surface area contributed by atoms with Crippen LogP contribution in [0, 0.1) is 19.8 Å². The minimum atomic E-state index is -0.677. The molecule has 0 aliphatic carbocycles. The van der Waals surface area contributed by atoms with Gasteiger partial charge in [-0.1, -0.05) is 50.9 Å². The summed E-state index contributed by atoms with van der Waals surface area (Å²) in [5.74, 6) is -1.08. The Bertz CT molecular complexity index is 1860. The van der Waals surface area contributed by atoms with Crippen molar-refractivity contribution in [3.05, 3.63) is 85.1 Å². The first-order valence-corrected chi connectivity index (χ1v) is 18.7. The number of carbonyl (C=O) groups excluding carboxylic acids is 4. The highest BCUT2D eigenvalue weighted by atomic mass is 35.5. The Morgan fingerprint density at radius 2 is 1.63 bits per heavy atom. The summed E-state index contributed by atoms with van der Waals surface area (Å²) in [6.07, 6.45) is 2.39. The van der Waals surface area contributed by atoms with E-state index < -0.39 is 12.0 Å². The lowest BCUT2D eigenvalue weighted by molar-refractivity contribution is -0.140. The molecule has 0 fully saturated rings. The molecular weight excluding hydrogens is 698 g/mol. The maximum atomic E-state index is 13.6. The Balaban J connectivity index is 1.91. The van der Waals surface area contributed by atoms with E-state index in [4.69, 9.17) is 21.3 Å². The van der Waals surface area contributed by atoms with Gasteiger partial charge in [0, 0.05) is 62.6 Å². The monoisotopic (exact) mass is 747 g/mol. The third-order valence-electron chi connectivity index (χ3n) is 8.69. The van der Waals surface area contributed by atoms with Gasteiger partial charge < -0.3 is 15.4 Å². The third-order valence-corrected chi connectivity index (χ3v) is 10.2. The van der Waals surface area contributed by atoms with Gasteiger partial charge in [0.05, 0.1) is 29.8 Å². The fourth-order valence-electron chi connectivity index (χ4n) is 5.51. The molecular formula is C40H50ClN5O5S. The predicted octanol–water partition coefficient (Wildman–Crippen LogP) is 8.70. The van der Waals surface area contributed by atoms with Crippen molar-refractivity contribution >= 4 is 69.2 Å². The fraction of sp³-hybridized carbons (Fsp3) is 0.425. The van der Waals surface area contributed by atoms with Crippen LogP contribution in [0.15, 0.2) is 57.7 Å². The molecule has 2 atom stereocenters. The highest BCUT2D eigenvalue weighted by Gasteiger charge is 2.25. The summed E-state index contributed by atoms with van der Waals surface area (Å²) in [7, 11) is 1.34. The molecule has 3 aromatic rings. The van der Waals surface area contributed by atoms with Gasteiger partial charge in [0.1, 0.15) is 6.04 Å². The van der Waals surface area contributed by atoms with Crippen LogP contribution in [0.2, 0.25) is 5.02 Å². The van der Waals surface area contributed by atoms with Crippen molar-refractivity contribution in [3.63, 3.8) is 0 Å². The van der Waals surface area contributed by atoms with Crippen molar-refractivity contribution in [3.8, 4) is 0 Å². The first kappa shape index (κ1) is 41.9. The smallest absolute Gasteiger partial charge is 0.308 e. The topological polar surface area (TPSA) is 139 Å². The Morgan fingerprint density at radius 1 is 0.942 bits per heavy atom. The van der Waals surface area contributed by atoms with E-state index in [-0.39, 0.29) is 29.8 Å². The summed E-state index contributed by atoms with van der Waals surface area (Å²) in [5.41, 5.74) is 5.81. The molecule has 52 heavy (non-hydrogen) atoms. The number of aryl methyl sites for hydroxylation is 1. The van der Waals surface area contributed by atoms with Crippen LogP contribution in [0.4, 0.5) is 5.69 Å². The Kier molecular flexibility index (Phi) is 16.1. The van der Waals surface area contributed by atoms with E-state index in [0.717, 1.165) is 40.1 Å². The average molecular weight is 748 g/mol. The second kappa shape index (κ2) is 19.9. The molecule has 10 nitrogen and oxygen atoms in total. The van der Waals surface area contributed by atoms with E-state index in [1.54, 1.807) is 37.3 Å². The molecule has 0 aliphatic rings. The summed E-state index contributed by atoms with van der Waals surface area (Å²) < 4.78 is 5.00. The summed E-state index contributed by atoms with van der Waals surface area (Å²) >= 11 is 7.61. The number of anilines is 1. The fourth-order valence-corrected chi connectivity index (χ4v) is 6.72. The van der Waals surface area contributed by atoms with Gasteiger partial charge in [-0.05, 0) is 83.4 Å². The first-order chi connectivity index (χ1) is 24.7. The molecule has 0 saturated heterocycles. The van der Waals surface area contributed by atoms with Gasteiger partial charge in [-0.2, -0.15) is 10.2 Å². The first-order valence-electron chi connectivity index (χ1n) is 17.5. The Morgan fingerprint density at radius 3 is 2.25 bits per heavy atom. The molecule has 278 valence electrons. The van der Waals surface area contributed by atoms with Crippen LogP contribution in [-0.2, 0) is 9.53 Å². The summed E-state index contributed by atoms with van der Waals surface area (Å²) in [6, 6.07) is 11.7. The largest absolute Gasteiger partial charge is 0.469 e. The highest BCUT2D eigenvalue weighted by Crippen LogP contribution is 2.31. The van der Waals surface area contributed by atoms with Gasteiger partial charge in [-0.15, -0.1) is 11.3 Å². The molecule has 0 spiro atoms. The standard InChI is InChI=1S/C40H50ClN5O5S/c1-10-12-24(4)45-46-26(6)34(22-35(48)51-9)44-37(29-13-15-30(41)16-14-29)36-25(5)39(52-28(36)8)40(50)43-20-19-42-31-17-18-32(33(21-31)27(7)47)38(49)23(3)11-2/h13-18,21,23,34,42H,10-12,19-20,22H2,1-9H3,(H,43,50)/b44-37?,45-24-,46-26+. The maximum Gasteiger partial charge on any atom is 0.308 e. The number of thiophene rings is 1. The molecule has 1 aromatic heterocycles. The number of halogens is 1. The molecule has 0 aliphatic heterocycles. The quantitative estimate of drug-likeness (QED) is 0.0439. The van der Waals surface area contributed by atoms with Crippen molar-refractivity contribution in [2.24, 2.45) is 21.1 Å². The lowest BCUT2D eigenvalue weighted by atomic mass is 9.92. The summed E-state index contributed by atoms with van der Waals surface area (Å²) in [5, 5.41) is 15.6. The summed E-state index contributed by atoms with van der Waals surface area (Å²) in [6.45, 7) is 15.6. The molecule has 2 aromatic carbocycles. The number of rotatable bonds is 18. The lowest BCUT2D eigenvalue weighted by Crippen LogP contribution is -2.28. The number of amides is 1. The van der Waals surface area contributed by atoms with Crippen LogP contribution in [-0.4, -0.2) is 66.8 Å². The number of aliphatic imine (C=N–C) groups is 1. The number of hydrogen-bond donors (Lipinski definition) is 2. The zero-order valence-electron chi connectivity index (χ0n) is 31.6. The molecule has 2 unspecified atom stereocenters. The van der Waals surface area contributed by atoms with Crippen molar-refractivity contribution in [1.29, 1.82) is 0 Å². The number of esters is 1. The van der Waals surface area contributed by atoms with E-state index >= 15 is 0 Å². The van der Waals surface area contributed by atoms with E-state index in [9.17, 15) is 19.2 Å². The maximum absolute atomic E-state index is 13.6. The van der Waals surface area contributed by atoms with Gasteiger partial charge in [0.15, 0.2) is 11.6 Å². The molecule has 0 saturated carbocycles. The molecule has 0 radical (unpaired) electrons. The second-order valence-electron chi connectivity index (χ2n) is 12.8. The normalized spacial score (nSPS) is 13.4. The predicted molar refractivity (Wildman–Crippen MR) is 213 cm³/mol. The second-order valence-corrected chi connectivity index (χ2v) is 14.4. The van der Waals surface area contributed by atoms with E-state index in [1.165, 1.54) is 25.4 Å². The van der Waals surface area contributed by atoms with Gasteiger partial charge in [0.2, 0.25) is 0 Å². The Labute approximate surface area is 316 Å². The van der Waals surface area contributed by atoms with Crippen molar-refractivity contribution in [2.75, 3.05) is 25.5 Å². The van der Waals surface area contributed by atoms with Crippen LogP contribution >= 0.6 is 22.9 Å².